The molecule has 106 valence electrons. The number of aliphatic carboxylic acids is 1. The molecule has 0 spiro atoms. The van der Waals surface area contributed by atoms with Crippen molar-refractivity contribution in [2.75, 3.05) is 0 Å². The van der Waals surface area contributed by atoms with Crippen LogP contribution in [-0.4, -0.2) is 21.3 Å². The number of hydrogen-bond acceptors (Lipinski definition) is 4. The Morgan fingerprint density at radius 2 is 2.00 bits per heavy atom. The molecule has 0 heterocycles. The summed E-state index contributed by atoms with van der Waals surface area (Å²) in [5, 5.41) is 10.6. The summed E-state index contributed by atoms with van der Waals surface area (Å²) in [5.74, 6) is -0.940. The minimum Gasteiger partial charge on any atom is -0.481 e. The summed E-state index contributed by atoms with van der Waals surface area (Å²) in [7, 11) is 0. The van der Waals surface area contributed by atoms with Crippen molar-refractivity contribution >= 4 is 27.8 Å². The van der Waals surface area contributed by atoms with Crippen LogP contribution < -0.4 is 5.48 Å². The van der Waals surface area contributed by atoms with E-state index in [0.29, 0.717) is 4.90 Å². The smallest absolute Gasteiger partial charge is 0.305 e. The number of rotatable bonds is 6. The minimum absolute atomic E-state index is 0.102. The highest BCUT2D eigenvalue weighted by Crippen LogP contribution is 2.18. The van der Waals surface area contributed by atoms with Crippen molar-refractivity contribution in [3.05, 3.63) is 42.5 Å². The predicted octanol–water partition coefficient (Wildman–Crippen LogP) is 2.25. The topological polar surface area (TPSA) is 75.6 Å². The second-order valence-electron chi connectivity index (χ2n) is 4.44. The Morgan fingerprint density at radius 3 is 2.70 bits per heavy atom. The van der Waals surface area contributed by atoms with Gasteiger partial charge in [0.15, 0.2) is 0 Å². The zero-order valence-electron chi connectivity index (χ0n) is 10.9. The van der Waals surface area contributed by atoms with Crippen LogP contribution in [0.1, 0.15) is 13.3 Å². The second-order valence-corrected chi connectivity index (χ2v) is 5.55. The molecule has 0 amide bonds. The van der Waals surface area contributed by atoms with Gasteiger partial charge in [-0.3, -0.25) is 4.79 Å². The van der Waals surface area contributed by atoms with E-state index in [1.807, 2.05) is 30.3 Å². The maximum Gasteiger partial charge on any atom is 0.305 e. The van der Waals surface area contributed by atoms with Crippen molar-refractivity contribution in [1.29, 1.82) is 0 Å². The van der Waals surface area contributed by atoms with Crippen LogP contribution in [0.4, 0.5) is 0 Å². The summed E-state index contributed by atoms with van der Waals surface area (Å²) in [4.78, 5) is 11.0. The molecule has 20 heavy (non-hydrogen) atoms. The summed E-state index contributed by atoms with van der Waals surface area (Å²) >= 11 is -1.68. The van der Waals surface area contributed by atoms with Crippen molar-refractivity contribution in [3.8, 4) is 0 Å². The average molecular weight is 293 g/mol. The molecule has 0 saturated carbocycles. The first kappa shape index (κ1) is 14.6. The van der Waals surface area contributed by atoms with Gasteiger partial charge in [0.25, 0.3) is 0 Å². The second kappa shape index (κ2) is 6.60. The third-order valence-electron chi connectivity index (χ3n) is 2.72. The number of carboxylic acid groups (broad SMARTS) is 1. The van der Waals surface area contributed by atoms with Crippen LogP contribution >= 0.6 is 0 Å². The fourth-order valence-corrected chi connectivity index (χ4v) is 2.50. The van der Waals surface area contributed by atoms with E-state index in [1.54, 1.807) is 19.1 Å². The summed E-state index contributed by atoms with van der Waals surface area (Å²) < 4.78 is 17.0. The summed E-state index contributed by atoms with van der Waals surface area (Å²) in [6.45, 7) is 1.64. The molecule has 0 aliphatic heterocycles. The first-order valence-corrected chi connectivity index (χ1v) is 7.19. The number of nitrogens with one attached hydrogen (secondary N) is 1. The van der Waals surface area contributed by atoms with Crippen molar-refractivity contribution < 1.29 is 18.4 Å². The van der Waals surface area contributed by atoms with E-state index in [4.69, 9.17) is 9.39 Å². The molecule has 0 aliphatic carbocycles. The van der Waals surface area contributed by atoms with Crippen LogP contribution in [0.5, 0.6) is 0 Å². The monoisotopic (exact) mass is 293 g/mol. The Labute approximate surface area is 119 Å². The SMILES string of the molecule is CC(CC(=O)O)NOS(=O)c1ccc2ccccc2c1. The normalized spacial score (nSPS) is 14.1. The molecule has 2 aromatic rings. The average Bonchev–Trinajstić information content (AvgIpc) is 2.43. The Bertz CT molecular complexity index is 644. The lowest BCUT2D eigenvalue weighted by Crippen LogP contribution is -2.29. The van der Waals surface area contributed by atoms with Crippen LogP contribution in [0.15, 0.2) is 47.4 Å². The lowest BCUT2D eigenvalue weighted by atomic mass is 10.1. The third-order valence-corrected chi connectivity index (χ3v) is 3.61. The third kappa shape index (κ3) is 3.86. The maximum atomic E-state index is 12.0. The maximum absolute atomic E-state index is 12.0. The number of hydroxylamine groups is 1. The van der Waals surface area contributed by atoms with Gasteiger partial charge in [-0.1, -0.05) is 30.3 Å². The number of hydrogen-bond donors (Lipinski definition) is 2. The van der Waals surface area contributed by atoms with E-state index in [1.165, 1.54) is 0 Å². The number of carbonyl (C=O) groups is 1. The zero-order chi connectivity index (χ0) is 14.5. The van der Waals surface area contributed by atoms with Gasteiger partial charge in [0.2, 0.25) is 11.1 Å². The van der Waals surface area contributed by atoms with Crippen LogP contribution in [0.3, 0.4) is 0 Å². The molecule has 2 aromatic carbocycles. The molecule has 0 aliphatic rings. The van der Waals surface area contributed by atoms with Crippen LogP contribution in [0.25, 0.3) is 10.8 Å². The molecule has 0 saturated heterocycles. The molecule has 0 fully saturated rings. The fourth-order valence-electron chi connectivity index (χ4n) is 1.75. The molecule has 2 atom stereocenters. The highest BCUT2D eigenvalue weighted by atomic mass is 32.2. The van der Waals surface area contributed by atoms with Gasteiger partial charge in [-0.05, 0) is 29.8 Å². The quantitative estimate of drug-likeness (QED) is 0.799. The van der Waals surface area contributed by atoms with Gasteiger partial charge in [-0.25, -0.2) is 4.21 Å². The molecule has 0 aromatic heterocycles. The molecule has 5 nitrogen and oxygen atoms in total. The first-order chi connectivity index (χ1) is 9.56. The van der Waals surface area contributed by atoms with Gasteiger partial charge in [-0.15, -0.1) is 0 Å². The minimum atomic E-state index is -1.68. The van der Waals surface area contributed by atoms with E-state index >= 15 is 0 Å². The first-order valence-electron chi connectivity index (χ1n) is 6.11. The molecule has 0 radical (unpaired) electrons. The van der Waals surface area contributed by atoms with Crippen LogP contribution in [-0.2, 0) is 20.2 Å². The van der Waals surface area contributed by atoms with Crippen molar-refractivity contribution in [3.63, 3.8) is 0 Å². The molecular formula is C14H15NO4S. The van der Waals surface area contributed by atoms with E-state index in [9.17, 15) is 9.00 Å². The zero-order valence-corrected chi connectivity index (χ0v) is 11.7. The lowest BCUT2D eigenvalue weighted by Gasteiger charge is -2.10. The summed E-state index contributed by atoms with van der Waals surface area (Å²) in [5.41, 5.74) is 2.48. The molecular weight excluding hydrogens is 278 g/mol. The van der Waals surface area contributed by atoms with Gasteiger partial charge < -0.3 is 5.11 Å². The van der Waals surface area contributed by atoms with Gasteiger partial charge in [0, 0.05) is 6.04 Å². The Morgan fingerprint density at radius 1 is 1.30 bits per heavy atom. The van der Waals surface area contributed by atoms with E-state index in [2.05, 4.69) is 5.48 Å². The number of benzene rings is 2. The highest BCUT2D eigenvalue weighted by molar-refractivity contribution is 7.80. The molecule has 2 unspecified atom stereocenters. The standard InChI is InChI=1S/C14H15NO4S/c1-10(8-14(16)17)15-19-20(18)13-7-6-11-4-2-3-5-12(11)9-13/h2-7,9-10,15H,8H2,1H3,(H,16,17). The summed E-state index contributed by atoms with van der Waals surface area (Å²) in [6, 6.07) is 12.7. The number of fused-ring (bicyclic) bond motifs is 1. The molecule has 0 bridgehead atoms. The largest absolute Gasteiger partial charge is 0.481 e. The Balaban J connectivity index is 2.02. The summed E-state index contributed by atoms with van der Waals surface area (Å²) in [6.07, 6.45) is -0.102. The van der Waals surface area contributed by atoms with E-state index in [0.717, 1.165) is 10.8 Å². The molecule has 6 heteroatoms. The van der Waals surface area contributed by atoms with Crippen molar-refractivity contribution in [1.82, 2.24) is 5.48 Å². The van der Waals surface area contributed by atoms with Crippen molar-refractivity contribution in [2.24, 2.45) is 0 Å². The Hall–Kier alpha value is -1.76. The van der Waals surface area contributed by atoms with Crippen molar-refractivity contribution in [2.45, 2.75) is 24.3 Å². The predicted molar refractivity (Wildman–Crippen MR) is 76.3 cm³/mol. The van der Waals surface area contributed by atoms with Gasteiger partial charge in [-0.2, -0.15) is 9.76 Å². The van der Waals surface area contributed by atoms with Crippen LogP contribution in [0.2, 0.25) is 0 Å². The van der Waals surface area contributed by atoms with E-state index < -0.39 is 23.1 Å². The van der Waals surface area contributed by atoms with Crippen LogP contribution in [0, 0.1) is 0 Å². The molecule has 2 N–H and O–H groups in total. The number of carboxylic acids is 1. The molecule has 2 rings (SSSR count). The van der Waals surface area contributed by atoms with Gasteiger partial charge >= 0.3 is 5.97 Å². The van der Waals surface area contributed by atoms with E-state index in [-0.39, 0.29) is 6.42 Å². The van der Waals surface area contributed by atoms with Gasteiger partial charge in [0.1, 0.15) is 0 Å². The highest BCUT2D eigenvalue weighted by Gasteiger charge is 2.11. The fraction of sp³-hybridized carbons (Fsp3) is 0.214. The van der Waals surface area contributed by atoms with Gasteiger partial charge in [0.05, 0.1) is 11.3 Å². The lowest BCUT2D eigenvalue weighted by molar-refractivity contribution is -0.137. The Kier molecular flexibility index (Phi) is 4.84.